The van der Waals surface area contributed by atoms with E-state index in [1.54, 1.807) is 0 Å². The first-order chi connectivity index (χ1) is 8.28. The van der Waals surface area contributed by atoms with Crippen molar-refractivity contribution in [2.75, 3.05) is 6.54 Å². The molecule has 3 nitrogen and oxygen atoms in total. The van der Waals surface area contributed by atoms with Gasteiger partial charge in [-0.15, -0.1) is 0 Å². The van der Waals surface area contributed by atoms with Crippen LogP contribution in [0.5, 0.6) is 0 Å². The molecule has 0 bridgehead atoms. The van der Waals surface area contributed by atoms with Crippen LogP contribution in [0.3, 0.4) is 0 Å². The van der Waals surface area contributed by atoms with Crippen LogP contribution in [-0.2, 0) is 6.42 Å². The number of nitrogens with two attached hydrogens (primary N) is 1. The Kier molecular flexibility index (Phi) is 2.48. The molecule has 1 aliphatic rings. The highest BCUT2D eigenvalue weighted by atomic mass is 15.3. The number of aryl methyl sites for hydroxylation is 2. The summed E-state index contributed by atoms with van der Waals surface area (Å²) in [6.07, 6.45) is 4.42. The lowest BCUT2D eigenvalue weighted by molar-refractivity contribution is 0.651. The third-order valence-electron chi connectivity index (χ3n) is 3.52. The molecule has 0 spiro atoms. The molecule has 0 amide bonds. The summed E-state index contributed by atoms with van der Waals surface area (Å²) in [5.41, 5.74) is 10.7. The average Bonchev–Trinajstić information content (AvgIpc) is 2.87. The van der Waals surface area contributed by atoms with Crippen LogP contribution in [0.25, 0.3) is 5.69 Å². The van der Waals surface area contributed by atoms with Gasteiger partial charge < -0.3 is 5.73 Å². The van der Waals surface area contributed by atoms with Crippen LogP contribution < -0.4 is 5.73 Å². The Morgan fingerprint density at radius 2 is 2.35 bits per heavy atom. The van der Waals surface area contributed by atoms with Gasteiger partial charge in [0, 0.05) is 18.7 Å². The van der Waals surface area contributed by atoms with Crippen LogP contribution in [0.1, 0.15) is 29.2 Å². The summed E-state index contributed by atoms with van der Waals surface area (Å²) in [7, 11) is 0. The molecule has 1 atom stereocenters. The predicted octanol–water partition coefficient (Wildman–Crippen LogP) is 2.17. The summed E-state index contributed by atoms with van der Waals surface area (Å²) in [4.78, 5) is 0. The largest absolute Gasteiger partial charge is 0.330 e. The molecule has 17 heavy (non-hydrogen) atoms. The minimum absolute atomic E-state index is 0.455. The number of nitrogens with zero attached hydrogens (tertiary/aromatic N) is 2. The smallest absolute Gasteiger partial charge is 0.0704 e. The van der Waals surface area contributed by atoms with Gasteiger partial charge in [-0.3, -0.25) is 0 Å². The van der Waals surface area contributed by atoms with Crippen molar-refractivity contribution in [3.63, 3.8) is 0 Å². The number of rotatable bonds is 2. The van der Waals surface area contributed by atoms with Gasteiger partial charge in [-0.2, -0.15) is 5.10 Å². The first kappa shape index (κ1) is 10.5. The molecule has 1 heterocycles. The van der Waals surface area contributed by atoms with Crippen LogP contribution in [0, 0.1) is 6.92 Å². The van der Waals surface area contributed by atoms with E-state index in [0.29, 0.717) is 12.5 Å². The normalized spacial score (nSPS) is 18.4. The standard InChI is InChI=1S/C14H17N3/c1-10-3-2-4-13(7-10)17-9-12-6-5-11(8-15)14(12)16-17/h2-4,7,9,11H,5-6,8,15H2,1H3. The first-order valence-electron chi connectivity index (χ1n) is 6.13. The van der Waals surface area contributed by atoms with E-state index in [0.717, 1.165) is 18.5 Å². The van der Waals surface area contributed by atoms with Gasteiger partial charge in [-0.1, -0.05) is 12.1 Å². The Labute approximate surface area is 101 Å². The lowest BCUT2D eigenvalue weighted by Crippen LogP contribution is -2.10. The van der Waals surface area contributed by atoms with Gasteiger partial charge in [0.25, 0.3) is 0 Å². The maximum absolute atomic E-state index is 5.77. The van der Waals surface area contributed by atoms with E-state index < -0.39 is 0 Å². The maximum Gasteiger partial charge on any atom is 0.0704 e. The molecule has 2 aromatic rings. The fourth-order valence-corrected chi connectivity index (χ4v) is 2.56. The van der Waals surface area contributed by atoms with Crippen molar-refractivity contribution in [2.24, 2.45) is 5.73 Å². The van der Waals surface area contributed by atoms with E-state index in [1.807, 2.05) is 4.68 Å². The van der Waals surface area contributed by atoms with Crippen molar-refractivity contribution >= 4 is 0 Å². The Bertz CT molecular complexity index is 542. The molecule has 1 aromatic heterocycles. The number of hydrogen-bond donors (Lipinski definition) is 1. The van der Waals surface area contributed by atoms with Gasteiger partial charge in [-0.25, -0.2) is 4.68 Å². The molecule has 0 saturated heterocycles. The Hall–Kier alpha value is -1.61. The number of benzene rings is 1. The molecule has 2 N–H and O–H groups in total. The van der Waals surface area contributed by atoms with E-state index in [-0.39, 0.29) is 0 Å². The zero-order chi connectivity index (χ0) is 11.8. The van der Waals surface area contributed by atoms with Crippen molar-refractivity contribution in [3.8, 4) is 5.69 Å². The predicted molar refractivity (Wildman–Crippen MR) is 68.4 cm³/mol. The Balaban J connectivity index is 2.01. The third-order valence-corrected chi connectivity index (χ3v) is 3.52. The second-order valence-electron chi connectivity index (χ2n) is 4.79. The molecule has 1 aromatic carbocycles. The minimum Gasteiger partial charge on any atom is -0.330 e. The summed E-state index contributed by atoms with van der Waals surface area (Å²) < 4.78 is 1.99. The summed E-state index contributed by atoms with van der Waals surface area (Å²) >= 11 is 0. The number of hydrogen-bond acceptors (Lipinski definition) is 2. The quantitative estimate of drug-likeness (QED) is 0.854. The lowest BCUT2D eigenvalue weighted by Gasteiger charge is -2.06. The third kappa shape index (κ3) is 1.76. The zero-order valence-electron chi connectivity index (χ0n) is 10.1. The number of fused-ring (bicyclic) bond motifs is 1. The van der Waals surface area contributed by atoms with E-state index in [4.69, 9.17) is 10.8 Å². The van der Waals surface area contributed by atoms with Crippen molar-refractivity contribution in [1.29, 1.82) is 0 Å². The molecule has 0 aliphatic heterocycles. The Morgan fingerprint density at radius 3 is 3.12 bits per heavy atom. The van der Waals surface area contributed by atoms with Gasteiger partial charge in [0.05, 0.1) is 11.4 Å². The molecule has 1 unspecified atom stereocenters. The van der Waals surface area contributed by atoms with Crippen LogP contribution >= 0.6 is 0 Å². The molecule has 3 rings (SSSR count). The molecule has 3 heteroatoms. The van der Waals surface area contributed by atoms with Crippen molar-refractivity contribution < 1.29 is 0 Å². The van der Waals surface area contributed by atoms with E-state index >= 15 is 0 Å². The van der Waals surface area contributed by atoms with E-state index in [1.165, 1.54) is 16.8 Å². The highest BCUT2D eigenvalue weighted by Gasteiger charge is 2.25. The molecule has 0 radical (unpaired) electrons. The molecule has 88 valence electrons. The first-order valence-corrected chi connectivity index (χ1v) is 6.13. The monoisotopic (exact) mass is 227 g/mol. The highest BCUT2D eigenvalue weighted by Crippen LogP contribution is 2.31. The number of aromatic nitrogens is 2. The van der Waals surface area contributed by atoms with Crippen molar-refractivity contribution in [1.82, 2.24) is 9.78 Å². The molecular formula is C14H17N3. The van der Waals surface area contributed by atoms with E-state index in [2.05, 4.69) is 37.4 Å². The van der Waals surface area contributed by atoms with Crippen LogP contribution in [0.4, 0.5) is 0 Å². The van der Waals surface area contributed by atoms with Crippen LogP contribution in [0.2, 0.25) is 0 Å². The van der Waals surface area contributed by atoms with E-state index in [9.17, 15) is 0 Å². The fourth-order valence-electron chi connectivity index (χ4n) is 2.56. The maximum atomic E-state index is 5.77. The topological polar surface area (TPSA) is 43.8 Å². The molecule has 0 saturated carbocycles. The lowest BCUT2D eigenvalue weighted by atomic mass is 10.1. The second-order valence-corrected chi connectivity index (χ2v) is 4.79. The minimum atomic E-state index is 0.455. The van der Waals surface area contributed by atoms with Gasteiger partial charge >= 0.3 is 0 Å². The summed E-state index contributed by atoms with van der Waals surface area (Å²) in [6, 6.07) is 8.41. The second kappa shape index (κ2) is 4.00. The van der Waals surface area contributed by atoms with Crippen molar-refractivity contribution in [3.05, 3.63) is 47.3 Å². The van der Waals surface area contributed by atoms with Crippen molar-refractivity contribution in [2.45, 2.75) is 25.7 Å². The average molecular weight is 227 g/mol. The van der Waals surface area contributed by atoms with Gasteiger partial charge in [0.15, 0.2) is 0 Å². The fraction of sp³-hybridized carbons (Fsp3) is 0.357. The Morgan fingerprint density at radius 1 is 1.47 bits per heavy atom. The molecular weight excluding hydrogens is 210 g/mol. The van der Waals surface area contributed by atoms with Gasteiger partial charge in [0.2, 0.25) is 0 Å². The molecule has 1 aliphatic carbocycles. The summed E-state index contributed by atoms with van der Waals surface area (Å²) in [5.74, 6) is 0.455. The van der Waals surface area contributed by atoms with Crippen LogP contribution in [0.15, 0.2) is 30.5 Å². The summed E-state index contributed by atoms with van der Waals surface area (Å²) in [6.45, 7) is 2.81. The van der Waals surface area contributed by atoms with Gasteiger partial charge in [-0.05, 0) is 43.0 Å². The van der Waals surface area contributed by atoms with Crippen LogP contribution in [-0.4, -0.2) is 16.3 Å². The zero-order valence-corrected chi connectivity index (χ0v) is 10.1. The molecule has 0 fully saturated rings. The van der Waals surface area contributed by atoms with Gasteiger partial charge in [0.1, 0.15) is 0 Å². The SMILES string of the molecule is Cc1cccc(-n2cc3c(n2)C(CN)CC3)c1. The highest BCUT2D eigenvalue weighted by molar-refractivity contribution is 5.38. The summed E-state index contributed by atoms with van der Waals surface area (Å²) in [5, 5.41) is 4.69.